The lowest BCUT2D eigenvalue weighted by Crippen LogP contribution is -2.45. The van der Waals surface area contributed by atoms with Crippen molar-refractivity contribution in [1.29, 1.82) is 0 Å². The molecule has 0 aliphatic heterocycles. The van der Waals surface area contributed by atoms with E-state index in [9.17, 15) is 48.0 Å². The first-order chi connectivity index (χ1) is 9.76. The van der Waals surface area contributed by atoms with E-state index in [1.165, 1.54) is 20.8 Å². The molecule has 0 atom stereocenters. The van der Waals surface area contributed by atoms with E-state index in [0.29, 0.717) is 0 Å². The molecule has 0 radical (unpaired) electrons. The van der Waals surface area contributed by atoms with Crippen molar-refractivity contribution in [1.82, 2.24) is 0 Å². The van der Waals surface area contributed by atoms with Crippen LogP contribution in [0.4, 0.5) is 26.3 Å². The van der Waals surface area contributed by atoms with Crippen molar-refractivity contribution in [2.45, 2.75) is 49.2 Å². The second-order valence-electron chi connectivity index (χ2n) is 5.62. The molecule has 0 fully saturated rings. The lowest BCUT2D eigenvalue weighted by Gasteiger charge is -2.22. The summed E-state index contributed by atoms with van der Waals surface area (Å²) in [6.45, 7) is 3.88. The third kappa shape index (κ3) is 4.81. The van der Waals surface area contributed by atoms with Crippen molar-refractivity contribution in [2.75, 3.05) is 0 Å². The van der Waals surface area contributed by atoms with Crippen LogP contribution in [0.25, 0.3) is 0 Å². The van der Waals surface area contributed by atoms with Gasteiger partial charge in [0.15, 0.2) is 4.58 Å². The summed E-state index contributed by atoms with van der Waals surface area (Å²) in [5.74, 6) is -0.878. The Morgan fingerprint density at radius 3 is 1.35 bits per heavy atom. The highest BCUT2D eigenvalue weighted by Crippen LogP contribution is 2.38. The van der Waals surface area contributed by atoms with Gasteiger partial charge in [0.1, 0.15) is 5.78 Å². The minimum Gasteiger partial charge on any atom is -0.299 e. The van der Waals surface area contributed by atoms with Gasteiger partial charge >= 0.3 is 11.0 Å². The van der Waals surface area contributed by atoms with Crippen molar-refractivity contribution < 1.29 is 48.0 Å². The molecular weight excluding hydrogens is 378 g/mol. The maximum atomic E-state index is 12.5. The second kappa shape index (κ2) is 6.22. The number of carbonyl (C=O) groups excluding carboxylic acids is 1. The SMILES string of the molecule is CC(C)(C)C(=O)CCC(S(=O)(=O)C(F)(F)F)S(=O)(=O)C(F)(F)F. The van der Waals surface area contributed by atoms with Crippen molar-refractivity contribution in [3.05, 3.63) is 0 Å². The first kappa shape index (κ1) is 22.1. The molecule has 138 valence electrons. The third-order valence-corrected chi connectivity index (χ3v) is 7.45. The van der Waals surface area contributed by atoms with E-state index in [2.05, 4.69) is 0 Å². The standard InChI is InChI=1S/C10H14F6O5S2/c1-8(2,3)6(17)4-5-7(22(18,19)9(11,12)13)23(20,21)10(14,15)16/h7H,4-5H2,1-3H3. The third-order valence-electron chi connectivity index (χ3n) is 2.78. The molecule has 13 heteroatoms. The van der Waals surface area contributed by atoms with Crippen molar-refractivity contribution in [3.63, 3.8) is 0 Å². The van der Waals surface area contributed by atoms with Gasteiger partial charge in [-0.2, -0.15) is 26.3 Å². The topological polar surface area (TPSA) is 85.3 Å². The summed E-state index contributed by atoms with van der Waals surface area (Å²) in [5.41, 5.74) is -13.6. The fourth-order valence-corrected chi connectivity index (χ4v) is 4.84. The van der Waals surface area contributed by atoms with E-state index in [4.69, 9.17) is 0 Å². The number of halogens is 6. The van der Waals surface area contributed by atoms with Crippen molar-refractivity contribution >= 4 is 25.5 Å². The molecule has 0 unspecified atom stereocenters. The first-order valence-corrected chi connectivity index (χ1v) is 8.99. The predicted molar refractivity (Wildman–Crippen MR) is 67.4 cm³/mol. The Morgan fingerprint density at radius 2 is 1.13 bits per heavy atom. The van der Waals surface area contributed by atoms with E-state index in [-0.39, 0.29) is 0 Å². The van der Waals surface area contributed by atoms with E-state index in [1.807, 2.05) is 0 Å². The van der Waals surface area contributed by atoms with Gasteiger partial charge in [-0.05, 0) is 6.42 Å². The lowest BCUT2D eigenvalue weighted by molar-refractivity contribution is -0.126. The average molecular weight is 392 g/mol. The van der Waals surface area contributed by atoms with Crippen LogP contribution in [0, 0.1) is 5.41 Å². The molecule has 0 aromatic heterocycles. The zero-order chi connectivity index (χ0) is 19.1. The molecule has 5 nitrogen and oxygen atoms in total. The summed E-state index contributed by atoms with van der Waals surface area (Å²) >= 11 is 0. The van der Waals surface area contributed by atoms with Crippen LogP contribution in [0.5, 0.6) is 0 Å². The maximum absolute atomic E-state index is 12.5. The number of hydrogen-bond donors (Lipinski definition) is 0. The molecule has 0 aromatic carbocycles. The molecule has 0 saturated heterocycles. The Hall–Kier alpha value is -0.850. The summed E-state index contributed by atoms with van der Waals surface area (Å²) in [6, 6.07) is 0. The molecule has 0 bridgehead atoms. The summed E-state index contributed by atoms with van der Waals surface area (Å²) in [7, 11) is -13.4. The molecule has 0 aliphatic rings. The largest absolute Gasteiger partial charge is 0.498 e. The van der Waals surface area contributed by atoms with E-state index in [0.717, 1.165) is 0 Å². The number of ketones is 1. The normalized spacial score (nSPS) is 15.0. The molecule has 0 aliphatic carbocycles. The number of Topliss-reactive ketones (excluding diaryl/α,β-unsaturated/α-hetero) is 1. The van der Waals surface area contributed by atoms with Gasteiger partial charge < -0.3 is 0 Å². The number of sulfone groups is 2. The maximum Gasteiger partial charge on any atom is 0.498 e. The predicted octanol–water partition coefficient (Wildman–Crippen LogP) is 2.58. The molecule has 0 aromatic rings. The number of carbonyl (C=O) groups is 1. The Morgan fingerprint density at radius 1 is 0.826 bits per heavy atom. The molecule has 0 amide bonds. The van der Waals surface area contributed by atoms with Gasteiger partial charge in [0.25, 0.3) is 19.7 Å². The molecule has 0 saturated carbocycles. The summed E-state index contributed by atoms with van der Waals surface area (Å²) in [4.78, 5) is 11.6. The smallest absolute Gasteiger partial charge is 0.299 e. The highest BCUT2D eigenvalue weighted by molar-refractivity contribution is 8.09. The quantitative estimate of drug-likeness (QED) is 0.672. The molecular formula is C10H14F6O5S2. The van der Waals surface area contributed by atoms with Crippen LogP contribution >= 0.6 is 0 Å². The van der Waals surface area contributed by atoms with E-state index >= 15 is 0 Å². The van der Waals surface area contributed by atoms with Crippen LogP contribution in [0.15, 0.2) is 0 Å². The van der Waals surface area contributed by atoms with Gasteiger partial charge in [-0.15, -0.1) is 0 Å². The fourth-order valence-electron chi connectivity index (χ4n) is 1.40. The molecule has 0 spiro atoms. The number of hydrogen-bond acceptors (Lipinski definition) is 5. The highest BCUT2D eigenvalue weighted by Gasteiger charge is 2.62. The summed E-state index contributed by atoms with van der Waals surface area (Å²) in [6.07, 6.45) is -2.71. The van der Waals surface area contributed by atoms with Crippen molar-refractivity contribution in [2.24, 2.45) is 5.41 Å². The number of rotatable bonds is 5. The summed E-state index contributed by atoms with van der Waals surface area (Å²) < 4.78 is 116. The molecule has 0 heterocycles. The van der Waals surface area contributed by atoms with Gasteiger partial charge in [0.05, 0.1) is 0 Å². The lowest BCUT2D eigenvalue weighted by atomic mass is 9.88. The Bertz CT molecular complexity index is 607. The van der Waals surface area contributed by atoms with Crippen LogP contribution in [0.3, 0.4) is 0 Å². The van der Waals surface area contributed by atoms with Gasteiger partial charge in [0, 0.05) is 11.8 Å². The minimum absolute atomic E-state index is 0.878. The van der Waals surface area contributed by atoms with Gasteiger partial charge in [-0.25, -0.2) is 16.8 Å². The molecule has 23 heavy (non-hydrogen) atoms. The minimum atomic E-state index is -6.68. The zero-order valence-corrected chi connectivity index (χ0v) is 13.8. The van der Waals surface area contributed by atoms with Crippen LogP contribution < -0.4 is 0 Å². The van der Waals surface area contributed by atoms with Gasteiger partial charge in [-0.1, -0.05) is 20.8 Å². The Balaban J connectivity index is 5.95. The second-order valence-corrected chi connectivity index (χ2v) is 10.2. The van der Waals surface area contributed by atoms with Crippen LogP contribution in [-0.4, -0.2) is 38.2 Å². The van der Waals surface area contributed by atoms with Crippen LogP contribution in [0.2, 0.25) is 0 Å². The average Bonchev–Trinajstić information content (AvgIpc) is 2.23. The fraction of sp³-hybridized carbons (Fsp3) is 0.900. The van der Waals surface area contributed by atoms with Crippen LogP contribution in [0.1, 0.15) is 33.6 Å². The monoisotopic (exact) mass is 392 g/mol. The van der Waals surface area contributed by atoms with Gasteiger partial charge in [-0.3, -0.25) is 4.79 Å². The van der Waals surface area contributed by atoms with Crippen LogP contribution in [-0.2, 0) is 24.5 Å². The first-order valence-electron chi connectivity index (χ1n) is 5.90. The van der Waals surface area contributed by atoms with Gasteiger partial charge in [0.2, 0.25) is 0 Å². The Kier molecular flexibility index (Phi) is 5.99. The van der Waals surface area contributed by atoms with Crippen molar-refractivity contribution in [3.8, 4) is 0 Å². The molecule has 0 rings (SSSR count). The summed E-state index contributed by atoms with van der Waals surface area (Å²) in [5, 5.41) is 0. The highest BCUT2D eigenvalue weighted by atomic mass is 32.3. The van der Waals surface area contributed by atoms with E-state index < -0.39 is 59.3 Å². The van der Waals surface area contributed by atoms with E-state index in [1.54, 1.807) is 0 Å². The number of alkyl halides is 6. The zero-order valence-electron chi connectivity index (χ0n) is 12.1. The Labute approximate surface area is 128 Å². The molecule has 0 N–H and O–H groups in total.